The first kappa shape index (κ1) is 11.8. The number of aromatic nitrogens is 1. The summed E-state index contributed by atoms with van der Waals surface area (Å²) < 4.78 is 0. The van der Waals surface area contributed by atoms with Crippen LogP contribution in [0.2, 0.25) is 0 Å². The number of hydrogen-bond acceptors (Lipinski definition) is 5. The standard InChI is InChI=1S/C12H12N4O2/c1-8-2-4-9(5-3-8)14-11-7-6-10(16(17)18)12(13)15-11/h2-7H,1H3,(H3,13,14,15). The van der Waals surface area contributed by atoms with E-state index in [1.54, 1.807) is 0 Å². The number of nitrogens with zero attached hydrogens (tertiary/aromatic N) is 2. The second-order valence-corrected chi connectivity index (χ2v) is 3.85. The van der Waals surface area contributed by atoms with Crippen molar-refractivity contribution >= 4 is 23.0 Å². The van der Waals surface area contributed by atoms with Gasteiger partial charge < -0.3 is 11.1 Å². The maximum atomic E-state index is 10.6. The Morgan fingerprint density at radius 2 is 1.89 bits per heavy atom. The maximum absolute atomic E-state index is 10.6. The lowest BCUT2D eigenvalue weighted by atomic mass is 10.2. The van der Waals surface area contributed by atoms with Crippen LogP contribution in [-0.4, -0.2) is 9.91 Å². The van der Waals surface area contributed by atoms with E-state index in [-0.39, 0.29) is 11.5 Å². The highest BCUT2D eigenvalue weighted by atomic mass is 16.6. The van der Waals surface area contributed by atoms with Gasteiger partial charge in [0.25, 0.3) is 0 Å². The van der Waals surface area contributed by atoms with Crippen LogP contribution in [0.1, 0.15) is 5.56 Å². The van der Waals surface area contributed by atoms with Crippen molar-refractivity contribution < 1.29 is 4.92 Å². The third kappa shape index (κ3) is 2.54. The largest absolute Gasteiger partial charge is 0.378 e. The van der Waals surface area contributed by atoms with Crippen LogP contribution < -0.4 is 11.1 Å². The highest BCUT2D eigenvalue weighted by molar-refractivity contribution is 5.62. The lowest BCUT2D eigenvalue weighted by Crippen LogP contribution is -2.01. The Bertz CT molecular complexity index is 581. The molecule has 18 heavy (non-hydrogen) atoms. The summed E-state index contributed by atoms with van der Waals surface area (Å²) in [6.07, 6.45) is 0. The summed E-state index contributed by atoms with van der Waals surface area (Å²) >= 11 is 0. The van der Waals surface area contributed by atoms with Crippen LogP contribution in [-0.2, 0) is 0 Å². The Morgan fingerprint density at radius 1 is 1.22 bits per heavy atom. The van der Waals surface area contributed by atoms with Crippen LogP contribution in [0.25, 0.3) is 0 Å². The molecule has 0 spiro atoms. The highest BCUT2D eigenvalue weighted by Crippen LogP contribution is 2.23. The molecule has 0 aliphatic heterocycles. The van der Waals surface area contributed by atoms with E-state index >= 15 is 0 Å². The molecule has 0 bridgehead atoms. The fourth-order valence-electron chi connectivity index (χ4n) is 1.48. The van der Waals surface area contributed by atoms with E-state index in [9.17, 15) is 10.1 Å². The quantitative estimate of drug-likeness (QED) is 0.639. The molecule has 0 saturated carbocycles. The van der Waals surface area contributed by atoms with E-state index in [2.05, 4.69) is 10.3 Å². The van der Waals surface area contributed by atoms with Crippen molar-refractivity contribution in [3.63, 3.8) is 0 Å². The van der Waals surface area contributed by atoms with Gasteiger partial charge in [0.15, 0.2) is 0 Å². The van der Waals surface area contributed by atoms with Crippen LogP contribution in [0, 0.1) is 17.0 Å². The SMILES string of the molecule is Cc1ccc(Nc2ccc([N+](=O)[O-])c(N)n2)cc1. The minimum Gasteiger partial charge on any atom is -0.378 e. The Labute approximate surface area is 104 Å². The van der Waals surface area contributed by atoms with Crippen LogP contribution in [0.15, 0.2) is 36.4 Å². The van der Waals surface area contributed by atoms with Crippen LogP contribution >= 0.6 is 0 Å². The second-order valence-electron chi connectivity index (χ2n) is 3.85. The lowest BCUT2D eigenvalue weighted by Gasteiger charge is -2.06. The average Bonchev–Trinajstić information content (AvgIpc) is 2.32. The van der Waals surface area contributed by atoms with Gasteiger partial charge >= 0.3 is 5.69 Å². The van der Waals surface area contributed by atoms with Crippen molar-refractivity contribution in [2.24, 2.45) is 0 Å². The number of aryl methyl sites for hydroxylation is 1. The summed E-state index contributed by atoms with van der Waals surface area (Å²) in [6, 6.07) is 10.6. The zero-order chi connectivity index (χ0) is 13.1. The molecule has 6 heteroatoms. The number of anilines is 3. The maximum Gasteiger partial charge on any atom is 0.311 e. The van der Waals surface area contributed by atoms with Crippen LogP contribution in [0.4, 0.5) is 23.0 Å². The zero-order valence-corrected chi connectivity index (χ0v) is 9.75. The zero-order valence-electron chi connectivity index (χ0n) is 9.75. The van der Waals surface area contributed by atoms with Crippen molar-refractivity contribution in [2.45, 2.75) is 6.92 Å². The van der Waals surface area contributed by atoms with E-state index in [1.165, 1.54) is 12.1 Å². The normalized spacial score (nSPS) is 10.1. The molecule has 0 amide bonds. The van der Waals surface area contributed by atoms with Crippen LogP contribution in [0.5, 0.6) is 0 Å². The first-order valence-electron chi connectivity index (χ1n) is 5.31. The van der Waals surface area contributed by atoms with Gasteiger partial charge in [0.1, 0.15) is 5.82 Å². The van der Waals surface area contributed by atoms with Gasteiger partial charge in [-0.15, -0.1) is 0 Å². The molecule has 0 radical (unpaired) electrons. The topological polar surface area (TPSA) is 94.1 Å². The van der Waals surface area contributed by atoms with Gasteiger partial charge in [0, 0.05) is 11.8 Å². The van der Waals surface area contributed by atoms with Gasteiger partial charge in [-0.25, -0.2) is 4.98 Å². The Balaban J connectivity index is 2.22. The van der Waals surface area contributed by atoms with Gasteiger partial charge in [-0.3, -0.25) is 10.1 Å². The predicted molar refractivity (Wildman–Crippen MR) is 69.8 cm³/mol. The van der Waals surface area contributed by atoms with Gasteiger partial charge in [0.2, 0.25) is 5.82 Å². The van der Waals surface area contributed by atoms with Crippen molar-refractivity contribution in [2.75, 3.05) is 11.1 Å². The molecule has 3 N–H and O–H groups in total. The molecule has 1 aromatic carbocycles. The minimum absolute atomic E-state index is 0.0999. The second kappa shape index (κ2) is 4.70. The van der Waals surface area contributed by atoms with Gasteiger partial charge in [-0.2, -0.15) is 0 Å². The Morgan fingerprint density at radius 3 is 2.44 bits per heavy atom. The number of nitro groups is 1. The summed E-state index contributed by atoms with van der Waals surface area (Å²) in [4.78, 5) is 14.0. The molecule has 2 rings (SSSR count). The van der Waals surface area contributed by atoms with E-state index < -0.39 is 4.92 Å². The van der Waals surface area contributed by atoms with Crippen molar-refractivity contribution in [3.8, 4) is 0 Å². The molecule has 0 aliphatic rings. The molecule has 0 aliphatic carbocycles. The first-order valence-corrected chi connectivity index (χ1v) is 5.31. The third-order valence-electron chi connectivity index (χ3n) is 2.42. The number of benzene rings is 1. The summed E-state index contributed by atoms with van der Waals surface area (Å²) in [7, 11) is 0. The predicted octanol–water partition coefficient (Wildman–Crippen LogP) is 2.62. The number of nitrogen functional groups attached to an aromatic ring is 1. The fourth-order valence-corrected chi connectivity index (χ4v) is 1.48. The molecule has 92 valence electrons. The number of pyridine rings is 1. The molecular weight excluding hydrogens is 232 g/mol. The summed E-state index contributed by atoms with van der Waals surface area (Å²) in [5.74, 6) is 0.374. The molecule has 0 atom stereocenters. The van der Waals surface area contributed by atoms with E-state index in [1.807, 2.05) is 31.2 Å². The van der Waals surface area contributed by atoms with Gasteiger partial charge in [-0.1, -0.05) is 17.7 Å². The van der Waals surface area contributed by atoms with Crippen molar-refractivity contribution in [1.29, 1.82) is 0 Å². The molecule has 2 aromatic rings. The Kier molecular flexibility index (Phi) is 3.09. The molecule has 6 nitrogen and oxygen atoms in total. The minimum atomic E-state index is -0.558. The van der Waals surface area contributed by atoms with E-state index in [0.717, 1.165) is 11.3 Å². The first-order chi connectivity index (χ1) is 8.56. The van der Waals surface area contributed by atoms with Gasteiger partial charge in [-0.05, 0) is 25.1 Å². The Hall–Kier alpha value is -2.63. The lowest BCUT2D eigenvalue weighted by molar-refractivity contribution is -0.384. The smallest absolute Gasteiger partial charge is 0.311 e. The molecule has 0 saturated heterocycles. The number of nitrogens with one attached hydrogen (secondary N) is 1. The number of rotatable bonds is 3. The van der Waals surface area contributed by atoms with E-state index in [4.69, 9.17) is 5.73 Å². The van der Waals surface area contributed by atoms with Crippen molar-refractivity contribution in [1.82, 2.24) is 4.98 Å². The van der Waals surface area contributed by atoms with Crippen molar-refractivity contribution in [3.05, 3.63) is 52.1 Å². The number of nitrogens with two attached hydrogens (primary N) is 1. The average molecular weight is 244 g/mol. The third-order valence-corrected chi connectivity index (χ3v) is 2.42. The summed E-state index contributed by atoms with van der Waals surface area (Å²) in [6.45, 7) is 1.99. The number of hydrogen-bond donors (Lipinski definition) is 2. The molecule has 1 heterocycles. The molecule has 1 aromatic heterocycles. The summed E-state index contributed by atoms with van der Waals surface area (Å²) in [5.41, 5.74) is 7.32. The fraction of sp³-hybridized carbons (Fsp3) is 0.0833. The monoisotopic (exact) mass is 244 g/mol. The van der Waals surface area contributed by atoms with Gasteiger partial charge in [0.05, 0.1) is 4.92 Å². The van der Waals surface area contributed by atoms with E-state index in [0.29, 0.717) is 5.82 Å². The molecule has 0 fully saturated rings. The summed E-state index contributed by atoms with van der Waals surface area (Å²) in [5, 5.41) is 13.6. The molecule has 0 unspecified atom stereocenters. The molecular formula is C12H12N4O2. The van der Waals surface area contributed by atoms with Crippen LogP contribution in [0.3, 0.4) is 0 Å². The highest BCUT2D eigenvalue weighted by Gasteiger charge is 2.12.